The van der Waals surface area contributed by atoms with Crippen molar-refractivity contribution in [1.82, 2.24) is 0 Å². The van der Waals surface area contributed by atoms with Gasteiger partial charge in [0.05, 0.1) is 0 Å². The van der Waals surface area contributed by atoms with Gasteiger partial charge >= 0.3 is 0 Å². The number of nitrogens with one attached hydrogen (secondary N) is 1. The quantitative estimate of drug-likeness (QED) is 0.919. The summed E-state index contributed by atoms with van der Waals surface area (Å²) < 4.78 is 16.3. The molecule has 5 heteroatoms. The zero-order valence-electron chi connectivity index (χ0n) is 13.2. The molecule has 2 aromatic rings. The molecule has 1 heterocycles. The molecule has 0 fully saturated rings. The van der Waals surface area contributed by atoms with E-state index >= 15 is 0 Å². The Balaban J connectivity index is 1.66. The molecular formula is C18H19NO4. The topological polar surface area (TPSA) is 56.8 Å². The summed E-state index contributed by atoms with van der Waals surface area (Å²) in [6, 6.07) is 13.0. The molecule has 1 aliphatic rings. The highest BCUT2D eigenvalue weighted by Gasteiger charge is 2.18. The van der Waals surface area contributed by atoms with Gasteiger partial charge in [0, 0.05) is 11.8 Å². The average Bonchev–Trinajstić information content (AvgIpc) is 3.03. The van der Waals surface area contributed by atoms with Crippen LogP contribution < -0.4 is 19.5 Å². The monoisotopic (exact) mass is 313 g/mol. The van der Waals surface area contributed by atoms with Gasteiger partial charge in [-0.15, -0.1) is 0 Å². The molecule has 0 aliphatic carbocycles. The third-order valence-corrected chi connectivity index (χ3v) is 3.67. The normalized spacial score (nSPS) is 13.5. The van der Waals surface area contributed by atoms with Crippen LogP contribution in [0.25, 0.3) is 0 Å². The second-order valence-corrected chi connectivity index (χ2v) is 5.28. The first-order valence-corrected chi connectivity index (χ1v) is 7.62. The summed E-state index contributed by atoms with van der Waals surface area (Å²) >= 11 is 0. The van der Waals surface area contributed by atoms with Crippen LogP contribution in [0.3, 0.4) is 0 Å². The van der Waals surface area contributed by atoms with E-state index in [0.29, 0.717) is 17.2 Å². The molecule has 0 unspecified atom stereocenters. The number of hydrogen-bond donors (Lipinski definition) is 1. The van der Waals surface area contributed by atoms with Gasteiger partial charge in [-0.05, 0) is 37.1 Å². The fraction of sp³-hybridized carbons (Fsp3) is 0.278. The molecule has 1 atom stereocenters. The number of ether oxygens (including phenoxy) is 3. The molecule has 23 heavy (non-hydrogen) atoms. The van der Waals surface area contributed by atoms with Gasteiger partial charge in [-0.3, -0.25) is 4.79 Å². The van der Waals surface area contributed by atoms with Crippen molar-refractivity contribution in [3.63, 3.8) is 0 Å². The number of para-hydroxylation sites is 1. The smallest absolute Gasteiger partial charge is 0.265 e. The van der Waals surface area contributed by atoms with E-state index in [0.717, 1.165) is 17.7 Å². The van der Waals surface area contributed by atoms with Gasteiger partial charge in [0.15, 0.2) is 17.6 Å². The molecule has 1 amide bonds. The van der Waals surface area contributed by atoms with Crippen molar-refractivity contribution in [3.05, 3.63) is 48.0 Å². The molecule has 1 aliphatic heterocycles. The Labute approximate surface area is 135 Å². The van der Waals surface area contributed by atoms with Crippen LogP contribution in [-0.2, 0) is 11.2 Å². The molecule has 3 rings (SSSR count). The summed E-state index contributed by atoms with van der Waals surface area (Å²) in [5.41, 5.74) is 1.73. The number of anilines is 1. The van der Waals surface area contributed by atoms with E-state index < -0.39 is 6.10 Å². The standard InChI is InChI=1S/C18H19NO4/c1-3-13-6-4-5-7-15(13)23-12(2)18(20)19-14-8-9-16-17(10-14)22-11-21-16/h4-10,12H,3,11H2,1-2H3,(H,19,20)/t12-/m1/s1. The summed E-state index contributed by atoms with van der Waals surface area (Å²) in [5, 5.41) is 2.83. The molecule has 2 aromatic carbocycles. The molecule has 0 spiro atoms. The van der Waals surface area contributed by atoms with Crippen molar-refractivity contribution >= 4 is 11.6 Å². The number of rotatable bonds is 5. The number of aryl methyl sites for hydroxylation is 1. The summed E-state index contributed by atoms with van der Waals surface area (Å²) in [5.74, 6) is 1.84. The molecule has 0 saturated heterocycles. The van der Waals surface area contributed by atoms with Crippen molar-refractivity contribution < 1.29 is 19.0 Å². The molecule has 0 saturated carbocycles. The number of carbonyl (C=O) groups excluding carboxylic acids is 1. The van der Waals surface area contributed by atoms with Crippen LogP contribution >= 0.6 is 0 Å². The van der Waals surface area contributed by atoms with Crippen molar-refractivity contribution in [2.75, 3.05) is 12.1 Å². The van der Waals surface area contributed by atoms with E-state index in [9.17, 15) is 4.79 Å². The molecule has 0 radical (unpaired) electrons. The minimum Gasteiger partial charge on any atom is -0.481 e. The lowest BCUT2D eigenvalue weighted by Gasteiger charge is -2.17. The van der Waals surface area contributed by atoms with Crippen LogP contribution in [0.4, 0.5) is 5.69 Å². The predicted molar refractivity (Wildman–Crippen MR) is 87.1 cm³/mol. The third-order valence-electron chi connectivity index (χ3n) is 3.67. The molecule has 0 bridgehead atoms. The Morgan fingerprint density at radius 1 is 1.22 bits per heavy atom. The Morgan fingerprint density at radius 2 is 2.00 bits per heavy atom. The van der Waals surface area contributed by atoms with Gasteiger partial charge < -0.3 is 19.5 Å². The molecule has 5 nitrogen and oxygen atoms in total. The lowest BCUT2D eigenvalue weighted by molar-refractivity contribution is -0.122. The summed E-state index contributed by atoms with van der Waals surface area (Å²) in [6.07, 6.45) is 0.250. The van der Waals surface area contributed by atoms with Crippen molar-refractivity contribution in [3.8, 4) is 17.2 Å². The second-order valence-electron chi connectivity index (χ2n) is 5.28. The lowest BCUT2D eigenvalue weighted by atomic mass is 10.1. The highest BCUT2D eigenvalue weighted by molar-refractivity contribution is 5.94. The van der Waals surface area contributed by atoms with E-state index in [2.05, 4.69) is 12.2 Å². The molecule has 1 N–H and O–H groups in total. The fourth-order valence-electron chi connectivity index (χ4n) is 2.37. The minimum atomic E-state index is -0.604. The summed E-state index contributed by atoms with van der Waals surface area (Å²) in [6.45, 7) is 3.99. The van der Waals surface area contributed by atoms with E-state index in [-0.39, 0.29) is 12.7 Å². The van der Waals surface area contributed by atoms with Gasteiger partial charge in [0.25, 0.3) is 5.91 Å². The number of fused-ring (bicyclic) bond motifs is 1. The first kappa shape index (κ1) is 15.2. The van der Waals surface area contributed by atoms with Crippen LogP contribution in [0.1, 0.15) is 19.4 Å². The zero-order chi connectivity index (χ0) is 16.2. The van der Waals surface area contributed by atoms with Crippen molar-refractivity contribution in [2.24, 2.45) is 0 Å². The fourth-order valence-corrected chi connectivity index (χ4v) is 2.37. The van der Waals surface area contributed by atoms with Crippen LogP contribution in [0.15, 0.2) is 42.5 Å². The van der Waals surface area contributed by atoms with E-state index in [1.165, 1.54) is 0 Å². The van der Waals surface area contributed by atoms with Crippen molar-refractivity contribution in [1.29, 1.82) is 0 Å². The van der Waals surface area contributed by atoms with Crippen LogP contribution in [0.2, 0.25) is 0 Å². The Hall–Kier alpha value is -2.69. The van der Waals surface area contributed by atoms with Crippen LogP contribution in [0, 0.1) is 0 Å². The van der Waals surface area contributed by atoms with E-state index in [1.807, 2.05) is 24.3 Å². The largest absolute Gasteiger partial charge is 0.481 e. The van der Waals surface area contributed by atoms with Crippen LogP contribution in [-0.4, -0.2) is 18.8 Å². The number of carbonyl (C=O) groups is 1. The lowest BCUT2D eigenvalue weighted by Crippen LogP contribution is -2.30. The first-order chi connectivity index (χ1) is 11.2. The van der Waals surface area contributed by atoms with Gasteiger partial charge in [-0.1, -0.05) is 25.1 Å². The summed E-state index contributed by atoms with van der Waals surface area (Å²) in [7, 11) is 0. The van der Waals surface area contributed by atoms with E-state index in [1.54, 1.807) is 25.1 Å². The maximum absolute atomic E-state index is 12.3. The molecular weight excluding hydrogens is 294 g/mol. The molecule has 120 valence electrons. The highest BCUT2D eigenvalue weighted by Crippen LogP contribution is 2.34. The SMILES string of the molecule is CCc1ccccc1O[C@H](C)C(=O)Nc1ccc2c(c1)OCO2. The summed E-state index contributed by atoms with van der Waals surface area (Å²) in [4.78, 5) is 12.3. The maximum Gasteiger partial charge on any atom is 0.265 e. The van der Waals surface area contributed by atoms with Gasteiger partial charge in [-0.2, -0.15) is 0 Å². The first-order valence-electron chi connectivity index (χ1n) is 7.62. The minimum absolute atomic E-state index is 0.208. The maximum atomic E-state index is 12.3. The number of benzene rings is 2. The molecule has 0 aromatic heterocycles. The van der Waals surface area contributed by atoms with Gasteiger partial charge in [0.2, 0.25) is 6.79 Å². The Morgan fingerprint density at radius 3 is 2.83 bits per heavy atom. The van der Waals surface area contributed by atoms with Gasteiger partial charge in [0.1, 0.15) is 5.75 Å². The van der Waals surface area contributed by atoms with E-state index in [4.69, 9.17) is 14.2 Å². The number of hydrogen-bond acceptors (Lipinski definition) is 4. The zero-order valence-corrected chi connectivity index (χ0v) is 13.2. The van der Waals surface area contributed by atoms with Gasteiger partial charge in [-0.25, -0.2) is 0 Å². The Bertz CT molecular complexity index is 714. The average molecular weight is 313 g/mol. The predicted octanol–water partition coefficient (Wildman–Crippen LogP) is 3.38. The Kier molecular flexibility index (Phi) is 4.37. The third kappa shape index (κ3) is 3.39. The number of amides is 1. The highest BCUT2D eigenvalue weighted by atomic mass is 16.7. The second kappa shape index (κ2) is 6.60. The van der Waals surface area contributed by atoms with Crippen LogP contribution in [0.5, 0.6) is 17.2 Å². The van der Waals surface area contributed by atoms with Crippen molar-refractivity contribution in [2.45, 2.75) is 26.4 Å².